The number of benzene rings is 1. The number of aromatic hydroxyl groups is 1. The molecule has 0 saturated heterocycles. The van der Waals surface area contributed by atoms with Gasteiger partial charge in [-0.1, -0.05) is 53.7 Å². The predicted octanol–water partition coefficient (Wildman–Crippen LogP) is 4.58. The molecule has 24 heavy (non-hydrogen) atoms. The number of aliphatic hydroxyl groups excluding tert-OH is 1. The largest absolute Gasteiger partial charge is 0.507 e. The highest BCUT2D eigenvalue weighted by atomic mass is 16.3. The molecular formula is C21H37NO2. The monoisotopic (exact) mass is 335 g/mol. The molecule has 1 rings (SSSR count). The second-order valence-electron chi connectivity index (χ2n) is 9.86. The van der Waals surface area contributed by atoms with E-state index in [2.05, 4.69) is 79.3 Å². The van der Waals surface area contributed by atoms with Crippen molar-refractivity contribution >= 4 is 0 Å². The molecule has 0 bridgehead atoms. The average molecular weight is 336 g/mol. The van der Waals surface area contributed by atoms with Crippen LogP contribution in [-0.4, -0.2) is 33.8 Å². The average Bonchev–Trinajstić information content (AvgIpc) is 2.36. The van der Waals surface area contributed by atoms with Gasteiger partial charge in [-0.2, -0.15) is 0 Å². The summed E-state index contributed by atoms with van der Waals surface area (Å²) in [6.07, 6.45) is 0. The summed E-state index contributed by atoms with van der Waals surface area (Å²) in [4.78, 5) is 2.28. The van der Waals surface area contributed by atoms with Crippen molar-refractivity contribution in [2.75, 3.05) is 13.2 Å². The first kappa shape index (κ1) is 21.0. The van der Waals surface area contributed by atoms with Crippen LogP contribution in [0.5, 0.6) is 5.75 Å². The molecule has 0 aliphatic heterocycles. The minimum absolute atomic E-state index is 0.0234. The van der Waals surface area contributed by atoms with Gasteiger partial charge < -0.3 is 10.2 Å². The van der Waals surface area contributed by atoms with Crippen LogP contribution in [0.1, 0.15) is 79.0 Å². The number of aliphatic hydroxyl groups is 1. The highest BCUT2D eigenvalue weighted by Crippen LogP contribution is 2.40. The van der Waals surface area contributed by atoms with Crippen LogP contribution in [0.15, 0.2) is 12.1 Å². The van der Waals surface area contributed by atoms with Crippen molar-refractivity contribution < 1.29 is 10.2 Å². The molecule has 0 unspecified atom stereocenters. The lowest BCUT2D eigenvalue weighted by atomic mass is 9.78. The zero-order valence-electron chi connectivity index (χ0n) is 17.1. The van der Waals surface area contributed by atoms with E-state index >= 15 is 0 Å². The number of nitrogens with zero attached hydrogens (tertiary/aromatic N) is 1. The quantitative estimate of drug-likeness (QED) is 0.846. The minimum atomic E-state index is -0.121. The fraction of sp³-hybridized carbons (Fsp3) is 0.714. The molecule has 0 aliphatic carbocycles. The third-order valence-electron chi connectivity index (χ3n) is 4.48. The fourth-order valence-corrected chi connectivity index (χ4v) is 2.92. The molecule has 0 radical (unpaired) electrons. The van der Waals surface area contributed by atoms with Gasteiger partial charge in [0.15, 0.2) is 0 Å². The number of hydrogen-bond donors (Lipinski definition) is 2. The van der Waals surface area contributed by atoms with Gasteiger partial charge in [-0.3, -0.25) is 4.90 Å². The second-order valence-corrected chi connectivity index (χ2v) is 9.86. The lowest BCUT2D eigenvalue weighted by Crippen LogP contribution is -2.42. The summed E-state index contributed by atoms with van der Waals surface area (Å²) in [5, 5.41) is 20.2. The van der Waals surface area contributed by atoms with Gasteiger partial charge >= 0.3 is 0 Å². The maximum Gasteiger partial charge on any atom is 0.123 e. The molecule has 2 N–H and O–H groups in total. The fourth-order valence-electron chi connectivity index (χ4n) is 2.92. The number of rotatable bonds is 4. The number of phenolic OH excluding ortho intramolecular Hbond substituents is 1. The van der Waals surface area contributed by atoms with E-state index in [1.54, 1.807) is 0 Å². The van der Waals surface area contributed by atoms with E-state index < -0.39 is 0 Å². The van der Waals surface area contributed by atoms with Crippen LogP contribution >= 0.6 is 0 Å². The van der Waals surface area contributed by atoms with Gasteiger partial charge in [-0.15, -0.1) is 0 Å². The second kappa shape index (κ2) is 7.05. The van der Waals surface area contributed by atoms with Crippen molar-refractivity contribution in [3.63, 3.8) is 0 Å². The summed E-state index contributed by atoms with van der Waals surface area (Å²) in [7, 11) is 0. The Kier molecular flexibility index (Phi) is 6.16. The lowest BCUT2D eigenvalue weighted by Gasteiger charge is -2.36. The van der Waals surface area contributed by atoms with Crippen LogP contribution in [0.3, 0.4) is 0 Å². The summed E-state index contributed by atoms with van der Waals surface area (Å²) in [5.41, 5.74) is 2.90. The zero-order chi connectivity index (χ0) is 18.9. The molecule has 0 saturated carbocycles. The summed E-state index contributed by atoms with van der Waals surface area (Å²) >= 11 is 0. The van der Waals surface area contributed by atoms with E-state index in [-0.39, 0.29) is 23.0 Å². The van der Waals surface area contributed by atoms with Gasteiger partial charge in [0.2, 0.25) is 0 Å². The van der Waals surface area contributed by atoms with Gasteiger partial charge in [-0.05, 0) is 48.3 Å². The topological polar surface area (TPSA) is 43.7 Å². The Morgan fingerprint density at radius 2 is 1.25 bits per heavy atom. The molecular weight excluding hydrogens is 298 g/mol. The minimum Gasteiger partial charge on any atom is -0.507 e. The van der Waals surface area contributed by atoms with Crippen LogP contribution in [0.4, 0.5) is 0 Å². The van der Waals surface area contributed by atoms with Crippen LogP contribution < -0.4 is 0 Å². The molecule has 1 aromatic carbocycles. The van der Waals surface area contributed by atoms with Gasteiger partial charge in [0.05, 0.1) is 6.61 Å². The molecule has 0 atom stereocenters. The van der Waals surface area contributed by atoms with E-state index in [9.17, 15) is 10.2 Å². The maximum atomic E-state index is 10.8. The third kappa shape index (κ3) is 5.22. The highest BCUT2D eigenvalue weighted by Gasteiger charge is 2.28. The molecule has 0 aromatic heterocycles. The molecule has 3 heteroatoms. The van der Waals surface area contributed by atoms with Crippen LogP contribution in [0.25, 0.3) is 0 Å². The van der Waals surface area contributed by atoms with Crippen LogP contribution in [0, 0.1) is 0 Å². The van der Waals surface area contributed by atoms with Crippen molar-refractivity contribution in [2.45, 2.75) is 85.2 Å². The molecule has 0 amide bonds. The Balaban J connectivity index is 3.43. The molecule has 0 heterocycles. The third-order valence-corrected chi connectivity index (χ3v) is 4.48. The summed E-state index contributed by atoms with van der Waals surface area (Å²) in [6, 6.07) is 4.25. The smallest absolute Gasteiger partial charge is 0.123 e. The van der Waals surface area contributed by atoms with Crippen molar-refractivity contribution in [3.05, 3.63) is 28.8 Å². The molecule has 138 valence electrons. The standard InChI is InChI=1S/C21H37NO2/c1-19(2,3)16-12-15(13-17(18(16)24)20(4,5)6)14-22(10-11-23)21(7,8)9/h12-13,23-24H,10-11,14H2,1-9H3. The Morgan fingerprint density at radius 3 is 1.54 bits per heavy atom. The maximum absolute atomic E-state index is 10.8. The summed E-state index contributed by atoms with van der Waals surface area (Å²) in [6.45, 7) is 20.8. The first-order valence-electron chi connectivity index (χ1n) is 8.90. The van der Waals surface area contributed by atoms with Gasteiger partial charge in [-0.25, -0.2) is 0 Å². The van der Waals surface area contributed by atoms with Crippen molar-refractivity contribution in [1.29, 1.82) is 0 Å². The van der Waals surface area contributed by atoms with E-state index in [0.717, 1.165) is 17.7 Å². The van der Waals surface area contributed by atoms with E-state index in [4.69, 9.17) is 0 Å². The molecule has 0 fully saturated rings. The van der Waals surface area contributed by atoms with Crippen molar-refractivity contribution in [2.24, 2.45) is 0 Å². The lowest BCUT2D eigenvalue weighted by molar-refractivity contribution is 0.0983. The summed E-state index contributed by atoms with van der Waals surface area (Å²) in [5.74, 6) is 0.420. The van der Waals surface area contributed by atoms with Gasteiger partial charge in [0, 0.05) is 18.6 Å². The Labute approximate surface area is 148 Å². The van der Waals surface area contributed by atoms with Crippen LogP contribution in [0.2, 0.25) is 0 Å². The molecule has 1 aromatic rings. The number of hydrogen-bond acceptors (Lipinski definition) is 3. The molecule has 0 spiro atoms. The summed E-state index contributed by atoms with van der Waals surface area (Å²) < 4.78 is 0. The van der Waals surface area contributed by atoms with E-state index in [1.165, 1.54) is 5.56 Å². The van der Waals surface area contributed by atoms with Crippen molar-refractivity contribution in [3.8, 4) is 5.75 Å². The zero-order valence-corrected chi connectivity index (χ0v) is 17.1. The Hall–Kier alpha value is -1.06. The normalized spacial score (nSPS) is 13.6. The molecule has 0 aliphatic rings. The molecule has 3 nitrogen and oxygen atoms in total. The van der Waals surface area contributed by atoms with Crippen LogP contribution in [-0.2, 0) is 17.4 Å². The number of β-amino-alcohol motifs (C(OH)–C–C–N with tert-alkyl or cyclic N) is 1. The Bertz CT molecular complexity index is 522. The van der Waals surface area contributed by atoms with E-state index in [1.807, 2.05) is 0 Å². The van der Waals surface area contributed by atoms with Gasteiger partial charge in [0.25, 0.3) is 0 Å². The first-order chi connectivity index (χ1) is 10.7. The number of phenols is 1. The predicted molar refractivity (Wildman–Crippen MR) is 103 cm³/mol. The van der Waals surface area contributed by atoms with Crippen molar-refractivity contribution in [1.82, 2.24) is 4.90 Å². The SMILES string of the molecule is CC(C)(C)c1cc(CN(CCO)C(C)(C)C)cc(C(C)(C)C)c1O. The van der Waals surface area contributed by atoms with E-state index in [0.29, 0.717) is 12.3 Å². The van der Waals surface area contributed by atoms with Gasteiger partial charge in [0.1, 0.15) is 5.75 Å². The Morgan fingerprint density at radius 1 is 0.833 bits per heavy atom. The first-order valence-corrected chi connectivity index (χ1v) is 8.90. The highest BCUT2D eigenvalue weighted by molar-refractivity contribution is 5.49.